The molecule has 0 amide bonds. The standard InChI is InChI=1S/C9H19O3P/c1-13(10,11)8-3-2-5-9-6-4-7-12-9/h9H,2-8H2,1H3,(H,10,11). The summed E-state index contributed by atoms with van der Waals surface area (Å²) in [5.74, 6) is 0. The van der Waals surface area contributed by atoms with Crippen molar-refractivity contribution in [3.63, 3.8) is 0 Å². The zero-order valence-electron chi connectivity index (χ0n) is 8.24. The summed E-state index contributed by atoms with van der Waals surface area (Å²) in [7, 11) is -2.77. The predicted octanol–water partition coefficient (Wildman–Crippen LogP) is 2.24. The molecule has 1 N–H and O–H groups in total. The molecule has 1 saturated heterocycles. The molecular formula is C9H19O3P. The van der Waals surface area contributed by atoms with Gasteiger partial charge in [-0.1, -0.05) is 6.42 Å². The average molecular weight is 206 g/mol. The van der Waals surface area contributed by atoms with Gasteiger partial charge in [-0.15, -0.1) is 0 Å². The highest BCUT2D eigenvalue weighted by atomic mass is 31.2. The molecule has 1 aliphatic heterocycles. The van der Waals surface area contributed by atoms with Crippen LogP contribution in [0.2, 0.25) is 0 Å². The number of rotatable bonds is 5. The third kappa shape index (κ3) is 5.45. The maximum Gasteiger partial charge on any atom is 0.197 e. The zero-order chi connectivity index (χ0) is 9.73. The minimum absolute atomic E-state index is 0.426. The molecule has 1 heterocycles. The first-order valence-corrected chi connectivity index (χ1v) is 7.28. The van der Waals surface area contributed by atoms with Crippen LogP contribution < -0.4 is 0 Å². The minimum atomic E-state index is -2.77. The van der Waals surface area contributed by atoms with E-state index in [2.05, 4.69) is 0 Å². The van der Waals surface area contributed by atoms with Gasteiger partial charge in [-0.25, -0.2) is 0 Å². The summed E-state index contributed by atoms with van der Waals surface area (Å²) >= 11 is 0. The molecule has 0 aliphatic carbocycles. The van der Waals surface area contributed by atoms with Crippen molar-refractivity contribution in [2.24, 2.45) is 0 Å². The summed E-state index contributed by atoms with van der Waals surface area (Å²) in [6.45, 7) is 2.33. The van der Waals surface area contributed by atoms with Crippen LogP contribution in [0.5, 0.6) is 0 Å². The van der Waals surface area contributed by atoms with Crippen molar-refractivity contribution in [1.29, 1.82) is 0 Å². The lowest BCUT2D eigenvalue weighted by atomic mass is 10.1. The van der Waals surface area contributed by atoms with Crippen LogP contribution in [0.15, 0.2) is 0 Å². The summed E-state index contributed by atoms with van der Waals surface area (Å²) in [6.07, 6.45) is 6.15. The lowest BCUT2D eigenvalue weighted by Gasteiger charge is -2.09. The van der Waals surface area contributed by atoms with E-state index in [1.807, 2.05) is 0 Å². The molecule has 0 spiro atoms. The van der Waals surface area contributed by atoms with Gasteiger partial charge in [0, 0.05) is 19.4 Å². The molecule has 2 unspecified atom stereocenters. The Labute approximate surface area is 79.9 Å². The fourth-order valence-electron chi connectivity index (χ4n) is 1.65. The third-order valence-electron chi connectivity index (χ3n) is 2.37. The summed E-state index contributed by atoms with van der Waals surface area (Å²) < 4.78 is 16.4. The highest BCUT2D eigenvalue weighted by molar-refractivity contribution is 7.57. The van der Waals surface area contributed by atoms with Crippen LogP contribution in [0.25, 0.3) is 0 Å². The van der Waals surface area contributed by atoms with Crippen LogP contribution >= 0.6 is 7.37 Å². The Morgan fingerprint density at radius 1 is 1.54 bits per heavy atom. The molecule has 1 fully saturated rings. The van der Waals surface area contributed by atoms with E-state index < -0.39 is 7.37 Å². The van der Waals surface area contributed by atoms with Gasteiger partial charge in [0.1, 0.15) is 0 Å². The van der Waals surface area contributed by atoms with E-state index in [1.54, 1.807) is 0 Å². The Morgan fingerprint density at radius 2 is 2.31 bits per heavy atom. The summed E-state index contributed by atoms with van der Waals surface area (Å²) in [5, 5.41) is 0. The van der Waals surface area contributed by atoms with E-state index in [-0.39, 0.29) is 0 Å². The van der Waals surface area contributed by atoms with Gasteiger partial charge in [0.25, 0.3) is 0 Å². The van der Waals surface area contributed by atoms with Gasteiger partial charge in [-0.3, -0.25) is 4.57 Å². The second kappa shape index (κ2) is 5.14. The van der Waals surface area contributed by atoms with Gasteiger partial charge in [0.15, 0.2) is 7.37 Å². The second-order valence-electron chi connectivity index (χ2n) is 3.91. The molecule has 0 saturated carbocycles. The number of unbranched alkanes of at least 4 members (excludes halogenated alkanes) is 1. The molecule has 13 heavy (non-hydrogen) atoms. The van der Waals surface area contributed by atoms with Crippen molar-refractivity contribution in [1.82, 2.24) is 0 Å². The fourth-order valence-corrected chi connectivity index (χ4v) is 2.46. The van der Waals surface area contributed by atoms with Crippen molar-refractivity contribution in [2.45, 2.75) is 38.2 Å². The highest BCUT2D eigenvalue weighted by Crippen LogP contribution is 2.36. The van der Waals surface area contributed by atoms with Gasteiger partial charge < -0.3 is 9.63 Å². The largest absolute Gasteiger partial charge is 0.378 e. The summed E-state index contributed by atoms with van der Waals surface area (Å²) in [5.41, 5.74) is 0. The summed E-state index contributed by atoms with van der Waals surface area (Å²) in [6, 6.07) is 0. The quantitative estimate of drug-likeness (QED) is 0.554. The van der Waals surface area contributed by atoms with Crippen molar-refractivity contribution in [2.75, 3.05) is 19.4 Å². The van der Waals surface area contributed by atoms with Gasteiger partial charge in [0.2, 0.25) is 0 Å². The Bertz CT molecular complexity index is 181. The van der Waals surface area contributed by atoms with E-state index in [0.29, 0.717) is 12.3 Å². The number of ether oxygens (including phenoxy) is 1. The van der Waals surface area contributed by atoms with E-state index >= 15 is 0 Å². The first-order valence-electron chi connectivity index (χ1n) is 4.99. The predicted molar refractivity (Wildman–Crippen MR) is 53.4 cm³/mol. The fraction of sp³-hybridized carbons (Fsp3) is 1.00. The topological polar surface area (TPSA) is 46.5 Å². The smallest absolute Gasteiger partial charge is 0.197 e. The number of hydrogen-bond donors (Lipinski definition) is 1. The van der Waals surface area contributed by atoms with E-state index in [9.17, 15) is 4.57 Å². The molecule has 2 atom stereocenters. The van der Waals surface area contributed by atoms with Crippen LogP contribution in [-0.2, 0) is 9.30 Å². The van der Waals surface area contributed by atoms with Crippen molar-refractivity contribution < 1.29 is 14.2 Å². The second-order valence-corrected chi connectivity index (χ2v) is 6.45. The van der Waals surface area contributed by atoms with Gasteiger partial charge >= 0.3 is 0 Å². The van der Waals surface area contributed by atoms with Gasteiger partial charge in [-0.2, -0.15) is 0 Å². The molecule has 0 bridgehead atoms. The van der Waals surface area contributed by atoms with Crippen molar-refractivity contribution in [3.05, 3.63) is 0 Å². The van der Waals surface area contributed by atoms with Crippen LogP contribution in [0, 0.1) is 0 Å². The Hall–Kier alpha value is 0.150. The maximum absolute atomic E-state index is 10.9. The molecule has 0 aromatic carbocycles. The monoisotopic (exact) mass is 206 g/mol. The molecule has 0 radical (unpaired) electrons. The summed E-state index contributed by atoms with van der Waals surface area (Å²) in [4.78, 5) is 9.03. The molecule has 0 aromatic heterocycles. The zero-order valence-corrected chi connectivity index (χ0v) is 9.13. The minimum Gasteiger partial charge on any atom is -0.378 e. The van der Waals surface area contributed by atoms with Crippen LogP contribution in [-0.4, -0.2) is 30.4 Å². The SMILES string of the molecule is CP(=O)(O)CCCCC1CCCO1. The molecule has 1 rings (SSSR count). The molecule has 1 aliphatic rings. The molecule has 78 valence electrons. The molecule has 4 heteroatoms. The van der Waals surface area contributed by atoms with E-state index in [0.717, 1.165) is 25.9 Å². The highest BCUT2D eigenvalue weighted by Gasteiger charge is 2.15. The third-order valence-corrected chi connectivity index (χ3v) is 3.52. The Morgan fingerprint density at radius 3 is 2.85 bits per heavy atom. The number of hydrogen-bond acceptors (Lipinski definition) is 2. The van der Waals surface area contributed by atoms with E-state index in [4.69, 9.17) is 9.63 Å². The first kappa shape index (κ1) is 11.2. The van der Waals surface area contributed by atoms with E-state index in [1.165, 1.54) is 19.5 Å². The maximum atomic E-state index is 10.9. The van der Waals surface area contributed by atoms with Gasteiger partial charge in [-0.05, 0) is 25.7 Å². The van der Waals surface area contributed by atoms with Crippen LogP contribution in [0.3, 0.4) is 0 Å². The Balaban J connectivity index is 1.97. The van der Waals surface area contributed by atoms with Crippen LogP contribution in [0.4, 0.5) is 0 Å². The average Bonchev–Trinajstić information content (AvgIpc) is 2.48. The molecule has 0 aromatic rings. The van der Waals surface area contributed by atoms with Crippen LogP contribution in [0.1, 0.15) is 32.1 Å². The first-order chi connectivity index (χ1) is 6.08. The Kier molecular flexibility index (Phi) is 4.43. The normalized spacial score (nSPS) is 27.4. The van der Waals surface area contributed by atoms with Crippen molar-refractivity contribution in [3.8, 4) is 0 Å². The molecule has 3 nitrogen and oxygen atoms in total. The lowest BCUT2D eigenvalue weighted by molar-refractivity contribution is 0.102. The molecular weight excluding hydrogens is 187 g/mol. The lowest BCUT2D eigenvalue weighted by Crippen LogP contribution is -2.04. The van der Waals surface area contributed by atoms with Gasteiger partial charge in [0.05, 0.1) is 6.10 Å². The van der Waals surface area contributed by atoms with Crippen molar-refractivity contribution >= 4 is 7.37 Å².